The Bertz CT molecular complexity index is 644. The number of thioether (sulfide) groups is 2. The molecule has 16 heteroatoms. The van der Waals surface area contributed by atoms with E-state index in [2.05, 4.69) is 10.3 Å². The van der Waals surface area contributed by atoms with Gasteiger partial charge in [-0.05, 0) is 12.5 Å². The van der Waals surface area contributed by atoms with Crippen LogP contribution < -0.4 is 0 Å². The Morgan fingerprint density at radius 1 is 0.633 bits per heavy atom. The molecule has 0 heterocycles. The smallest absolute Gasteiger partial charge is 0.343 e. The quantitative estimate of drug-likeness (QED) is 0.138. The lowest BCUT2D eigenvalue weighted by atomic mass is 10.6. The van der Waals surface area contributed by atoms with E-state index in [1.807, 2.05) is 0 Å². The number of oxime groups is 2. The van der Waals surface area contributed by atoms with Gasteiger partial charge in [0.05, 0.1) is 0 Å². The first-order valence-electron chi connectivity index (χ1n) is 7.87. The molecule has 0 spiro atoms. The highest BCUT2D eigenvalue weighted by Crippen LogP contribution is 2.28. The highest BCUT2D eigenvalue weighted by Gasteiger charge is 2.20. The molecular weight excluding hydrogens is 476 g/mol. The molecule has 0 fully saturated rings. The van der Waals surface area contributed by atoms with Crippen molar-refractivity contribution < 1.29 is 28.9 Å². The maximum absolute atomic E-state index is 12.0. The summed E-state index contributed by atoms with van der Waals surface area (Å²) in [5.74, 6) is -0.805. The third-order valence-corrected chi connectivity index (χ3v) is 6.37. The summed E-state index contributed by atoms with van der Waals surface area (Å²) in [7, 11) is 10.7. The Kier molecular flexibility index (Phi) is 13.4. The molecule has 0 atom stereocenters. The summed E-state index contributed by atoms with van der Waals surface area (Å²) in [5, 5.41) is 7.12. The summed E-state index contributed by atoms with van der Waals surface area (Å²) in [6, 6.07) is 0. The Morgan fingerprint density at radius 2 is 0.933 bits per heavy atom. The third-order valence-electron chi connectivity index (χ3n) is 2.75. The summed E-state index contributed by atoms with van der Waals surface area (Å²) in [6.07, 6.45) is 1.54. The standard InChI is InChI=1S/C14H24N6O6S4/c1-17(2)11(21)9(27-7)15-25-13(23)19(5)29-30-20(6)14(24)26-16-10(28-8)12(22)18(3)4/h1-8H3. The van der Waals surface area contributed by atoms with E-state index in [1.165, 1.54) is 23.9 Å². The predicted molar refractivity (Wildman–Crippen MR) is 123 cm³/mol. The van der Waals surface area contributed by atoms with Gasteiger partial charge in [0.25, 0.3) is 11.8 Å². The van der Waals surface area contributed by atoms with E-state index in [-0.39, 0.29) is 10.1 Å². The highest BCUT2D eigenvalue weighted by molar-refractivity contribution is 8.75. The molecule has 0 aromatic heterocycles. The van der Waals surface area contributed by atoms with Crippen LogP contribution in [0.5, 0.6) is 0 Å². The summed E-state index contributed by atoms with van der Waals surface area (Å²) in [6.45, 7) is 0. The van der Waals surface area contributed by atoms with E-state index >= 15 is 0 Å². The molecule has 0 aliphatic rings. The number of nitrogens with zero attached hydrogens (tertiary/aromatic N) is 6. The Morgan fingerprint density at radius 3 is 1.17 bits per heavy atom. The van der Waals surface area contributed by atoms with E-state index in [0.29, 0.717) is 0 Å². The summed E-state index contributed by atoms with van der Waals surface area (Å²) < 4.78 is 2.12. The molecule has 30 heavy (non-hydrogen) atoms. The van der Waals surface area contributed by atoms with Gasteiger partial charge in [0.2, 0.25) is 10.1 Å². The lowest BCUT2D eigenvalue weighted by Crippen LogP contribution is -2.29. The van der Waals surface area contributed by atoms with Gasteiger partial charge in [-0.25, -0.2) is 18.2 Å². The fourth-order valence-corrected chi connectivity index (χ4v) is 3.44. The second-order valence-corrected chi connectivity index (χ2v) is 9.34. The number of amides is 4. The fourth-order valence-electron chi connectivity index (χ4n) is 1.15. The normalized spacial score (nSPS) is 11.5. The molecule has 0 rings (SSSR count). The zero-order valence-electron chi connectivity index (χ0n) is 17.8. The molecule has 0 radical (unpaired) electrons. The van der Waals surface area contributed by atoms with Gasteiger partial charge >= 0.3 is 12.2 Å². The van der Waals surface area contributed by atoms with Crippen molar-refractivity contribution in [1.29, 1.82) is 0 Å². The van der Waals surface area contributed by atoms with Crippen LogP contribution in [0.25, 0.3) is 0 Å². The van der Waals surface area contributed by atoms with Gasteiger partial charge < -0.3 is 9.80 Å². The van der Waals surface area contributed by atoms with Gasteiger partial charge in [0.1, 0.15) is 0 Å². The van der Waals surface area contributed by atoms with E-state index in [0.717, 1.165) is 54.1 Å². The molecule has 0 aromatic rings. The molecule has 0 saturated heterocycles. The van der Waals surface area contributed by atoms with Gasteiger partial charge in [-0.2, -0.15) is 0 Å². The zero-order chi connectivity index (χ0) is 23.4. The van der Waals surface area contributed by atoms with Gasteiger partial charge in [0.15, 0.2) is 0 Å². The monoisotopic (exact) mass is 500 g/mol. The van der Waals surface area contributed by atoms with Crippen LogP contribution in [0.2, 0.25) is 0 Å². The van der Waals surface area contributed by atoms with Gasteiger partial charge in [-0.15, -0.1) is 23.5 Å². The lowest BCUT2D eigenvalue weighted by molar-refractivity contribution is -0.122. The highest BCUT2D eigenvalue weighted by atomic mass is 33.1. The molecule has 0 saturated carbocycles. The SMILES string of the molecule is CSC(=NOC(=O)N(C)SSN(C)C(=O)ON=C(SC)C(=O)N(C)C)C(=O)N(C)C. The largest absolute Gasteiger partial charge is 0.446 e. The molecule has 170 valence electrons. The van der Waals surface area contributed by atoms with Crippen LogP contribution in [0.4, 0.5) is 9.59 Å². The molecule has 12 nitrogen and oxygen atoms in total. The van der Waals surface area contributed by atoms with Crippen molar-refractivity contribution in [2.75, 3.05) is 54.8 Å². The molecule has 0 bridgehead atoms. The van der Waals surface area contributed by atoms with Crippen molar-refractivity contribution in [3.8, 4) is 0 Å². The van der Waals surface area contributed by atoms with Gasteiger partial charge in [0, 0.05) is 64.2 Å². The molecule has 0 unspecified atom stereocenters. The molecule has 4 amide bonds. The first-order chi connectivity index (χ1) is 14.0. The fraction of sp³-hybridized carbons (Fsp3) is 0.571. The van der Waals surface area contributed by atoms with Crippen molar-refractivity contribution in [3.63, 3.8) is 0 Å². The van der Waals surface area contributed by atoms with E-state index in [4.69, 9.17) is 9.68 Å². The maximum atomic E-state index is 12.0. The second-order valence-electron chi connectivity index (χ2n) is 5.46. The van der Waals surface area contributed by atoms with E-state index < -0.39 is 24.0 Å². The minimum Gasteiger partial charge on any atom is -0.343 e. The molecular formula is C14H24N6O6S4. The van der Waals surface area contributed by atoms with Crippen molar-refractivity contribution in [1.82, 2.24) is 18.4 Å². The average Bonchev–Trinajstić information content (AvgIpc) is 2.71. The number of rotatable bonds is 5. The Balaban J connectivity index is 4.69. The van der Waals surface area contributed by atoms with Crippen molar-refractivity contribution in [2.24, 2.45) is 10.3 Å². The third kappa shape index (κ3) is 9.82. The Hall–Kier alpha value is -1.78. The summed E-state index contributed by atoms with van der Waals surface area (Å²) in [5.41, 5.74) is 0. The number of carbonyl (C=O) groups excluding carboxylic acids is 4. The van der Waals surface area contributed by atoms with Crippen molar-refractivity contribution in [3.05, 3.63) is 0 Å². The van der Waals surface area contributed by atoms with Crippen LogP contribution in [0.15, 0.2) is 10.3 Å². The van der Waals surface area contributed by atoms with Crippen LogP contribution in [-0.4, -0.2) is 107 Å². The second kappa shape index (κ2) is 14.3. The average molecular weight is 501 g/mol. The van der Waals surface area contributed by atoms with Crippen LogP contribution in [0.1, 0.15) is 0 Å². The lowest BCUT2D eigenvalue weighted by Gasteiger charge is -2.17. The van der Waals surface area contributed by atoms with Gasteiger partial charge in [-0.1, -0.05) is 10.3 Å². The molecule has 0 aliphatic heterocycles. The number of carbonyl (C=O) groups is 4. The molecule has 0 aromatic carbocycles. The molecule has 0 N–H and O–H groups in total. The number of hydrogen-bond acceptors (Lipinski definition) is 12. The zero-order valence-corrected chi connectivity index (χ0v) is 21.0. The summed E-state index contributed by atoms with van der Waals surface area (Å²) >= 11 is 2.07. The first kappa shape index (κ1) is 28.2. The van der Waals surface area contributed by atoms with Gasteiger partial charge in [-0.3, -0.25) is 19.3 Å². The summed E-state index contributed by atoms with van der Waals surface area (Å²) in [4.78, 5) is 59.6. The number of hydrogen-bond donors (Lipinski definition) is 0. The minimum atomic E-state index is -0.855. The van der Waals surface area contributed by atoms with Crippen LogP contribution >= 0.6 is 45.5 Å². The van der Waals surface area contributed by atoms with Crippen molar-refractivity contribution >= 4 is 79.6 Å². The van der Waals surface area contributed by atoms with Crippen LogP contribution in [0.3, 0.4) is 0 Å². The van der Waals surface area contributed by atoms with E-state index in [1.54, 1.807) is 40.7 Å². The predicted octanol–water partition coefficient (Wildman–Crippen LogP) is 1.86. The van der Waals surface area contributed by atoms with Crippen LogP contribution in [-0.2, 0) is 19.3 Å². The Labute approximate surface area is 191 Å². The van der Waals surface area contributed by atoms with Crippen molar-refractivity contribution in [2.45, 2.75) is 0 Å². The first-order valence-corrected chi connectivity index (χ1v) is 12.4. The maximum Gasteiger partial charge on any atom is 0.446 e. The minimum absolute atomic E-state index is 0.00910. The topological polar surface area (TPSA) is 124 Å². The molecule has 0 aliphatic carbocycles. The van der Waals surface area contributed by atoms with Crippen LogP contribution in [0, 0.1) is 0 Å². The van der Waals surface area contributed by atoms with E-state index in [9.17, 15) is 19.2 Å².